The predicted molar refractivity (Wildman–Crippen MR) is 361 cm³/mol. The molecule has 6 aromatic rings. The first-order chi connectivity index (χ1) is 42.9. The van der Waals surface area contributed by atoms with Crippen molar-refractivity contribution >= 4 is 73.3 Å². The smallest absolute Gasteiger partial charge is 0.338 e. The molecule has 8 fully saturated rings. The fourth-order valence-corrected chi connectivity index (χ4v) is 14.3. The number of piperidine rings is 3. The molecule has 14 rings (SSSR count). The van der Waals surface area contributed by atoms with E-state index in [-0.39, 0.29) is 50.4 Å². The maximum absolute atomic E-state index is 13.6. The lowest BCUT2D eigenvalue weighted by Gasteiger charge is -2.33. The highest BCUT2D eigenvalue weighted by atomic mass is 79.9. The van der Waals surface area contributed by atoms with E-state index in [1.165, 1.54) is 25.1 Å². The molecule has 8 atom stereocenters. The van der Waals surface area contributed by atoms with Crippen molar-refractivity contribution in [1.82, 2.24) is 65.3 Å². The minimum atomic E-state index is -0.972. The summed E-state index contributed by atoms with van der Waals surface area (Å²) in [6.07, 6.45) is 11.3. The van der Waals surface area contributed by atoms with Crippen LogP contribution in [-0.2, 0) is 9.47 Å². The monoisotopic (exact) mass is 1380 g/mol. The van der Waals surface area contributed by atoms with E-state index < -0.39 is 5.97 Å². The van der Waals surface area contributed by atoms with Crippen LogP contribution in [0.3, 0.4) is 0 Å². The number of aryl methyl sites for hydroxylation is 6. The number of nitrogens with zero attached hydrogens (tertiary/aromatic N) is 15. The molecule has 0 spiro atoms. The van der Waals surface area contributed by atoms with Crippen molar-refractivity contribution in [3.05, 3.63) is 133 Å². The van der Waals surface area contributed by atoms with E-state index in [1.54, 1.807) is 38.7 Å². The Morgan fingerprint density at radius 1 is 0.505 bits per heavy atom. The fourth-order valence-electron chi connectivity index (χ4n) is 13.5. The Morgan fingerprint density at radius 2 is 0.945 bits per heavy atom. The van der Waals surface area contributed by atoms with Crippen molar-refractivity contribution in [2.45, 2.75) is 119 Å². The summed E-state index contributed by atoms with van der Waals surface area (Å²) in [5.41, 5.74) is 7.56. The molecule has 14 heterocycles. The van der Waals surface area contributed by atoms with Gasteiger partial charge in [0.1, 0.15) is 15.0 Å². The predicted octanol–water partition coefficient (Wildman–Crippen LogP) is 8.37. The number of pyridine rings is 3. The maximum Gasteiger partial charge on any atom is 0.338 e. The number of carboxylic acids is 1. The molecule has 8 aliphatic heterocycles. The van der Waals surface area contributed by atoms with E-state index in [1.807, 2.05) is 87.7 Å². The molecule has 3 N–H and O–H groups in total. The number of likely N-dealkylation sites (tertiary alicyclic amines) is 2. The molecule has 0 saturated carbocycles. The SMILES string of the molecule is C.C.CO[C@@H]1CCN(c2ncccc2C(=O)N2CC3CC(C2)N(c2nc(C)cc(C)n2)C3)C1.CO[C@@H]1CCNC1.Cc1cc(C)nc(N2CC3CC2CN(C(=O)c2cccnc2Br)C3)n1.Cc1cc(C)nc(N2CC3CNCC2C3)n1.O=C(O)c1cccnc1Br. The summed E-state index contributed by atoms with van der Waals surface area (Å²) in [4.78, 5) is 90.1. The molecule has 490 valence electrons. The van der Waals surface area contributed by atoms with Crippen LogP contribution in [0, 0.1) is 59.3 Å². The van der Waals surface area contributed by atoms with Crippen molar-refractivity contribution in [3.8, 4) is 0 Å². The van der Waals surface area contributed by atoms with Crippen molar-refractivity contribution in [3.63, 3.8) is 0 Å². The first-order valence-electron chi connectivity index (χ1n) is 30.9. The molecule has 91 heavy (non-hydrogen) atoms. The van der Waals surface area contributed by atoms with Crippen molar-refractivity contribution in [1.29, 1.82) is 0 Å². The number of hydrogen-bond donors (Lipinski definition) is 3. The lowest BCUT2D eigenvalue weighted by atomic mass is 9.99. The number of carbonyl (C=O) groups is 3. The topological polar surface area (TPSA) is 249 Å². The number of amides is 2. The van der Waals surface area contributed by atoms with E-state index >= 15 is 0 Å². The van der Waals surface area contributed by atoms with Gasteiger partial charge in [-0.15, -0.1) is 0 Å². The summed E-state index contributed by atoms with van der Waals surface area (Å²) in [5.74, 6) is 4.11. The van der Waals surface area contributed by atoms with E-state index in [4.69, 9.17) is 14.6 Å². The van der Waals surface area contributed by atoms with Gasteiger partial charge >= 0.3 is 5.97 Å². The van der Waals surface area contributed by atoms with Gasteiger partial charge in [-0.25, -0.2) is 49.7 Å². The van der Waals surface area contributed by atoms with Gasteiger partial charge in [0.15, 0.2) is 0 Å². The highest BCUT2D eigenvalue weighted by Gasteiger charge is 2.44. The van der Waals surface area contributed by atoms with Crippen LogP contribution >= 0.6 is 31.9 Å². The molecule has 8 aliphatic rings. The van der Waals surface area contributed by atoms with Gasteiger partial charge in [0.05, 0.1) is 28.9 Å². The van der Waals surface area contributed by atoms with Gasteiger partial charge in [-0.1, -0.05) is 14.9 Å². The second-order valence-corrected chi connectivity index (χ2v) is 26.0. The third kappa shape index (κ3) is 17.6. The molecule has 8 saturated heterocycles. The number of hydrogen-bond acceptors (Lipinski definition) is 20. The maximum atomic E-state index is 13.6. The van der Waals surface area contributed by atoms with Crippen molar-refractivity contribution in [2.24, 2.45) is 17.8 Å². The van der Waals surface area contributed by atoms with Crippen LogP contribution in [0.4, 0.5) is 23.7 Å². The van der Waals surface area contributed by atoms with Crippen LogP contribution in [0.2, 0.25) is 0 Å². The number of aromatic nitrogens is 9. The first-order valence-corrected chi connectivity index (χ1v) is 32.4. The molecule has 0 aromatic carbocycles. The Morgan fingerprint density at radius 3 is 1.36 bits per heavy atom. The average molecular weight is 1380 g/mol. The third-order valence-electron chi connectivity index (χ3n) is 17.5. The number of carbonyl (C=O) groups excluding carboxylic acids is 2. The summed E-state index contributed by atoms with van der Waals surface area (Å²) in [7, 11) is 3.50. The zero-order chi connectivity index (χ0) is 62.9. The van der Waals surface area contributed by atoms with Gasteiger partial charge in [0.2, 0.25) is 17.8 Å². The number of aromatic carboxylic acids is 1. The van der Waals surface area contributed by atoms with Crippen LogP contribution in [-0.4, -0.2) is 207 Å². The van der Waals surface area contributed by atoms with Crippen molar-refractivity contribution in [2.75, 3.05) is 119 Å². The Bertz CT molecular complexity index is 3380. The molecule has 6 unspecified atom stereocenters. The van der Waals surface area contributed by atoms with Gasteiger partial charge in [-0.3, -0.25) is 9.59 Å². The zero-order valence-corrected chi connectivity index (χ0v) is 55.4. The second-order valence-electron chi connectivity index (χ2n) is 24.5. The molecule has 0 aliphatic carbocycles. The molecule has 2 amide bonds. The van der Waals surface area contributed by atoms with E-state index in [0.717, 1.165) is 155 Å². The average Bonchev–Trinajstić information content (AvgIpc) is 1.69. The normalized spacial score (nSPS) is 23.2. The molecular formula is C66H91Br2N17O6. The zero-order valence-electron chi connectivity index (χ0n) is 52.2. The summed E-state index contributed by atoms with van der Waals surface area (Å²) in [5, 5.41) is 15.2. The van der Waals surface area contributed by atoms with Gasteiger partial charge in [0.25, 0.3) is 11.8 Å². The molecular weight excluding hydrogens is 1290 g/mol. The number of carboxylic acid groups (broad SMARTS) is 1. The van der Waals surface area contributed by atoms with Crippen LogP contribution < -0.4 is 30.2 Å². The van der Waals surface area contributed by atoms with Gasteiger partial charge < -0.3 is 54.6 Å². The quantitative estimate of drug-likeness (QED) is 0.115. The Kier molecular flexibility index (Phi) is 24.7. The molecule has 6 bridgehead atoms. The van der Waals surface area contributed by atoms with E-state index in [9.17, 15) is 14.4 Å². The summed E-state index contributed by atoms with van der Waals surface area (Å²) < 4.78 is 11.5. The van der Waals surface area contributed by atoms with E-state index in [2.05, 4.69) is 107 Å². The number of fused-ring (bicyclic) bond motifs is 6. The molecule has 25 heteroatoms. The van der Waals surface area contributed by atoms with Crippen LogP contribution in [0.15, 0.2) is 82.4 Å². The Balaban J connectivity index is 0.000000158. The standard InChI is InChI=1S/C23H30N6O2.C18H20BrN5O.C12H18N4.C6H4BrNO2.C5H11NO.2CH4/c1-15-9-16(2)26-23(25-15)29-12-17-10-18(29)13-28(11-17)22(30)20-5-4-7-24-21(20)27-8-6-19(14-27)31-3;1-11-6-12(2)22-18(21-11)24-9-13-7-14(24)10-23(8-13)17(25)15-4-3-5-20-16(15)19;1-8-3-9(2)15-12(14-8)16-7-10-4-11(16)6-13-5-10;7-5-4(6(9)10)2-1-3-8-5;1-7-5-2-3-6-4-5;;/h4-5,7,9,17-19H,6,8,10-14H2,1-3H3;3-6,13-14H,7-10H2,1-2H3;3,10-11,13H,4-7H2,1-2H3;1-3H,(H,9,10);5-6H,2-4H2,1H3;2*1H4/t17?,18?,19-;;;;5-;;/m1...1../s1. The van der Waals surface area contributed by atoms with Crippen LogP contribution in [0.5, 0.6) is 0 Å². The second kappa shape index (κ2) is 32.1. The highest BCUT2D eigenvalue weighted by Crippen LogP contribution is 2.36. The third-order valence-corrected chi connectivity index (χ3v) is 18.8. The number of methoxy groups -OCH3 is 2. The lowest BCUT2D eigenvalue weighted by Crippen LogP contribution is -2.46. The Labute approximate surface area is 553 Å². The summed E-state index contributed by atoms with van der Waals surface area (Å²) in [6, 6.07) is 17.6. The minimum Gasteiger partial charge on any atom is -0.478 e. The fraction of sp³-hybridized carbons (Fsp3) is 0.545. The lowest BCUT2D eigenvalue weighted by molar-refractivity contribution is 0.0685. The van der Waals surface area contributed by atoms with Crippen LogP contribution in [0.25, 0.3) is 0 Å². The van der Waals surface area contributed by atoms with Gasteiger partial charge in [0, 0.05) is 157 Å². The largest absolute Gasteiger partial charge is 0.478 e. The number of anilines is 4. The number of halogens is 2. The number of rotatable bonds is 9. The first kappa shape index (κ1) is 70.0. The molecule has 23 nitrogen and oxygen atoms in total. The highest BCUT2D eigenvalue weighted by molar-refractivity contribution is 9.10. The van der Waals surface area contributed by atoms with E-state index in [0.29, 0.717) is 57.4 Å². The molecule has 0 radical (unpaired) electrons. The summed E-state index contributed by atoms with van der Waals surface area (Å²) >= 11 is 6.39. The number of nitrogens with one attached hydrogen (secondary N) is 2. The van der Waals surface area contributed by atoms with Gasteiger partial charge in [-0.05, 0) is 191 Å². The number of ether oxygens (including phenoxy) is 2. The van der Waals surface area contributed by atoms with Gasteiger partial charge in [-0.2, -0.15) is 0 Å². The summed E-state index contributed by atoms with van der Waals surface area (Å²) in [6.45, 7) is 24.0. The minimum absolute atomic E-state index is 0. The van der Waals surface area contributed by atoms with Crippen molar-refractivity contribution < 1.29 is 29.0 Å². The Hall–Kier alpha value is -6.90. The van der Waals surface area contributed by atoms with Crippen LogP contribution in [0.1, 0.15) is 112 Å². The molecule has 6 aromatic heterocycles.